The maximum Gasteiger partial charge on any atom is 0.338 e. The van der Waals surface area contributed by atoms with Crippen LogP contribution in [0.3, 0.4) is 0 Å². The number of nitrogens with one attached hydrogen (secondary N) is 1. The summed E-state index contributed by atoms with van der Waals surface area (Å²) >= 11 is 0. The highest BCUT2D eigenvalue weighted by Crippen LogP contribution is 2.35. The number of hydrogen-bond acceptors (Lipinski definition) is 7. The summed E-state index contributed by atoms with van der Waals surface area (Å²) in [5, 5.41) is 13.1. The van der Waals surface area contributed by atoms with E-state index in [2.05, 4.69) is 5.32 Å². The molecular weight excluding hydrogens is 390 g/mol. The van der Waals surface area contributed by atoms with Crippen LogP contribution in [0.1, 0.15) is 29.1 Å². The lowest BCUT2D eigenvalue weighted by atomic mass is 9.95. The fourth-order valence-electron chi connectivity index (χ4n) is 3.66. The van der Waals surface area contributed by atoms with Gasteiger partial charge in [0.25, 0.3) is 0 Å². The maximum atomic E-state index is 12.7. The van der Waals surface area contributed by atoms with Gasteiger partial charge in [-0.1, -0.05) is 48.5 Å². The smallest absolute Gasteiger partial charge is 0.338 e. The van der Waals surface area contributed by atoms with E-state index in [4.69, 9.17) is 18.9 Å². The van der Waals surface area contributed by atoms with Gasteiger partial charge in [0.05, 0.1) is 12.2 Å². The SMILES string of the molecule is CC(=O)N[C@H]1C(O)O[C@@H]2COC(c3ccccc3)O[C@H]2[C@@H]1OC(=O)c1ccccc1. The summed E-state index contributed by atoms with van der Waals surface area (Å²) in [5.74, 6) is -0.983. The number of hydrogen-bond donors (Lipinski definition) is 2. The Labute approximate surface area is 173 Å². The lowest BCUT2D eigenvalue weighted by Gasteiger charge is -2.47. The quantitative estimate of drug-likeness (QED) is 0.733. The molecule has 0 radical (unpaired) electrons. The molecule has 2 aliphatic rings. The topological polar surface area (TPSA) is 103 Å². The van der Waals surface area contributed by atoms with E-state index >= 15 is 0 Å². The van der Waals surface area contributed by atoms with E-state index in [1.54, 1.807) is 30.3 Å². The molecule has 6 atom stereocenters. The summed E-state index contributed by atoms with van der Waals surface area (Å²) in [4.78, 5) is 24.5. The number of amides is 1. The molecule has 0 saturated carbocycles. The molecule has 8 heteroatoms. The molecule has 2 saturated heterocycles. The van der Waals surface area contributed by atoms with Crippen LogP contribution in [-0.2, 0) is 23.7 Å². The lowest BCUT2D eigenvalue weighted by molar-refractivity contribution is -0.337. The number of carbonyl (C=O) groups excluding carboxylic acids is 2. The molecule has 0 bridgehead atoms. The zero-order valence-electron chi connectivity index (χ0n) is 16.3. The zero-order chi connectivity index (χ0) is 21.1. The molecule has 1 amide bonds. The average molecular weight is 413 g/mol. The van der Waals surface area contributed by atoms with Crippen molar-refractivity contribution in [3.8, 4) is 0 Å². The van der Waals surface area contributed by atoms with Gasteiger partial charge in [-0.3, -0.25) is 4.79 Å². The molecular formula is C22H23NO7. The highest BCUT2D eigenvalue weighted by atomic mass is 16.7. The van der Waals surface area contributed by atoms with Crippen LogP contribution in [0.4, 0.5) is 0 Å². The molecule has 2 heterocycles. The van der Waals surface area contributed by atoms with Crippen LogP contribution < -0.4 is 5.32 Å². The molecule has 30 heavy (non-hydrogen) atoms. The maximum absolute atomic E-state index is 12.7. The molecule has 0 spiro atoms. The number of ether oxygens (including phenoxy) is 4. The van der Waals surface area contributed by atoms with Crippen molar-refractivity contribution in [2.24, 2.45) is 0 Å². The molecule has 158 valence electrons. The normalized spacial score (nSPS) is 30.7. The van der Waals surface area contributed by atoms with Crippen LogP contribution in [0.25, 0.3) is 0 Å². The van der Waals surface area contributed by atoms with Crippen molar-refractivity contribution >= 4 is 11.9 Å². The molecule has 8 nitrogen and oxygen atoms in total. The Bertz CT molecular complexity index is 876. The van der Waals surface area contributed by atoms with Gasteiger partial charge in [0.2, 0.25) is 5.91 Å². The van der Waals surface area contributed by atoms with Gasteiger partial charge in [-0.05, 0) is 12.1 Å². The molecule has 0 aliphatic carbocycles. The van der Waals surface area contributed by atoms with Gasteiger partial charge in [0.1, 0.15) is 18.2 Å². The van der Waals surface area contributed by atoms with Gasteiger partial charge in [0.15, 0.2) is 18.7 Å². The van der Waals surface area contributed by atoms with Gasteiger partial charge in [-0.15, -0.1) is 0 Å². The minimum atomic E-state index is -1.39. The molecule has 0 aromatic heterocycles. The summed E-state index contributed by atoms with van der Waals surface area (Å²) in [6, 6.07) is 16.8. The van der Waals surface area contributed by atoms with Crippen molar-refractivity contribution in [2.45, 2.75) is 43.9 Å². The van der Waals surface area contributed by atoms with Crippen molar-refractivity contribution in [3.05, 3.63) is 71.8 Å². The van der Waals surface area contributed by atoms with Crippen LogP contribution >= 0.6 is 0 Å². The Morgan fingerprint density at radius 1 is 1.03 bits per heavy atom. The van der Waals surface area contributed by atoms with Crippen molar-refractivity contribution < 1.29 is 33.6 Å². The number of aliphatic hydroxyl groups excluding tert-OH is 1. The van der Waals surface area contributed by atoms with Crippen molar-refractivity contribution in [3.63, 3.8) is 0 Å². The first-order chi connectivity index (χ1) is 14.5. The van der Waals surface area contributed by atoms with Crippen LogP contribution in [0.5, 0.6) is 0 Å². The standard InChI is InChI=1S/C22H23NO7/c1-13(24)23-17-19(29-20(25)14-8-4-2-5-9-14)18-16(28-21(17)26)12-27-22(30-18)15-10-6-3-7-11-15/h2-11,16-19,21-22,26H,12H2,1H3,(H,23,24)/t16-,17-,18-,19-,21?,22?/m1/s1. The molecule has 2 N–H and O–H groups in total. The third kappa shape index (κ3) is 4.36. The molecule has 2 unspecified atom stereocenters. The van der Waals surface area contributed by atoms with E-state index < -0.39 is 48.8 Å². The first kappa shape index (κ1) is 20.5. The van der Waals surface area contributed by atoms with E-state index in [0.29, 0.717) is 5.56 Å². The Hall–Kier alpha value is -2.78. The van der Waals surface area contributed by atoms with Crippen molar-refractivity contribution in [1.29, 1.82) is 0 Å². The van der Waals surface area contributed by atoms with Gasteiger partial charge in [0, 0.05) is 12.5 Å². The second-order valence-corrected chi connectivity index (χ2v) is 7.20. The first-order valence-electron chi connectivity index (χ1n) is 9.71. The minimum absolute atomic E-state index is 0.132. The van der Waals surface area contributed by atoms with Crippen LogP contribution in [0.2, 0.25) is 0 Å². The second kappa shape index (κ2) is 8.93. The van der Waals surface area contributed by atoms with Gasteiger partial charge >= 0.3 is 5.97 Å². The highest BCUT2D eigenvalue weighted by molar-refractivity contribution is 5.89. The third-order valence-corrected chi connectivity index (χ3v) is 5.05. The van der Waals surface area contributed by atoms with Crippen molar-refractivity contribution in [2.75, 3.05) is 6.61 Å². The Kier molecular flexibility index (Phi) is 6.10. The molecule has 2 aromatic carbocycles. The first-order valence-corrected chi connectivity index (χ1v) is 9.71. The van der Waals surface area contributed by atoms with E-state index in [1.807, 2.05) is 30.3 Å². The summed E-state index contributed by atoms with van der Waals surface area (Å²) < 4.78 is 23.2. The summed E-state index contributed by atoms with van der Waals surface area (Å²) in [5.41, 5.74) is 1.15. The van der Waals surface area contributed by atoms with Gasteiger partial charge in [-0.25, -0.2) is 4.79 Å². The number of rotatable bonds is 4. The van der Waals surface area contributed by atoms with Crippen LogP contribution in [0.15, 0.2) is 60.7 Å². The van der Waals surface area contributed by atoms with Crippen molar-refractivity contribution in [1.82, 2.24) is 5.32 Å². The van der Waals surface area contributed by atoms with E-state index in [9.17, 15) is 14.7 Å². The number of carbonyl (C=O) groups is 2. The third-order valence-electron chi connectivity index (χ3n) is 5.05. The molecule has 2 aliphatic heterocycles. The van der Waals surface area contributed by atoms with E-state index in [-0.39, 0.29) is 6.61 Å². The highest BCUT2D eigenvalue weighted by Gasteiger charge is 2.52. The lowest BCUT2D eigenvalue weighted by Crippen LogP contribution is -2.67. The Morgan fingerprint density at radius 2 is 1.70 bits per heavy atom. The van der Waals surface area contributed by atoms with E-state index in [0.717, 1.165) is 5.56 Å². The Morgan fingerprint density at radius 3 is 2.37 bits per heavy atom. The summed E-state index contributed by atoms with van der Waals surface area (Å²) in [6.45, 7) is 1.44. The van der Waals surface area contributed by atoms with Gasteiger partial charge in [-0.2, -0.15) is 0 Å². The minimum Gasteiger partial charge on any atom is -0.453 e. The van der Waals surface area contributed by atoms with E-state index in [1.165, 1.54) is 6.92 Å². The van der Waals surface area contributed by atoms with Crippen LogP contribution in [-0.4, -0.2) is 54.2 Å². The fourth-order valence-corrected chi connectivity index (χ4v) is 3.66. The Balaban J connectivity index is 1.61. The largest absolute Gasteiger partial charge is 0.453 e. The number of aliphatic hydroxyl groups is 1. The molecule has 4 rings (SSSR count). The summed E-state index contributed by atoms with van der Waals surface area (Å²) in [6.07, 6.45) is -4.48. The number of esters is 1. The number of fused-ring (bicyclic) bond motifs is 1. The predicted octanol–water partition coefficient (Wildman–Crippen LogP) is 1.55. The molecule has 2 fully saturated rings. The predicted molar refractivity (Wildman–Crippen MR) is 104 cm³/mol. The second-order valence-electron chi connectivity index (χ2n) is 7.20. The van der Waals surface area contributed by atoms with Gasteiger partial charge < -0.3 is 29.4 Å². The number of benzene rings is 2. The monoisotopic (exact) mass is 413 g/mol. The molecule has 2 aromatic rings. The summed E-state index contributed by atoms with van der Waals surface area (Å²) in [7, 11) is 0. The zero-order valence-corrected chi connectivity index (χ0v) is 16.3. The fraction of sp³-hybridized carbons (Fsp3) is 0.364. The van der Waals surface area contributed by atoms with Crippen LogP contribution in [0, 0.1) is 0 Å². The average Bonchev–Trinajstić information content (AvgIpc) is 2.77.